The summed E-state index contributed by atoms with van der Waals surface area (Å²) in [7, 11) is 3.45. The summed E-state index contributed by atoms with van der Waals surface area (Å²) >= 11 is 0. The van der Waals surface area contributed by atoms with Crippen molar-refractivity contribution in [1.29, 1.82) is 0 Å². The summed E-state index contributed by atoms with van der Waals surface area (Å²) in [6.07, 6.45) is 8.30. The van der Waals surface area contributed by atoms with Crippen LogP contribution in [0.5, 0.6) is 11.5 Å². The van der Waals surface area contributed by atoms with Gasteiger partial charge in [0.05, 0.1) is 7.11 Å². The lowest BCUT2D eigenvalue weighted by atomic mass is 9.97. The first-order valence-corrected chi connectivity index (χ1v) is 12.1. The summed E-state index contributed by atoms with van der Waals surface area (Å²) in [5, 5.41) is 10.6. The van der Waals surface area contributed by atoms with Crippen molar-refractivity contribution >= 4 is 0 Å². The van der Waals surface area contributed by atoms with Crippen molar-refractivity contribution in [3.8, 4) is 11.5 Å². The van der Waals surface area contributed by atoms with Crippen LogP contribution in [0.15, 0.2) is 18.2 Å². The van der Waals surface area contributed by atoms with Gasteiger partial charge in [-0.1, -0.05) is 25.3 Å². The molecule has 2 fully saturated rings. The quantitative estimate of drug-likeness (QED) is 0.608. The van der Waals surface area contributed by atoms with Gasteiger partial charge in [0.25, 0.3) is 0 Å². The molecule has 6 nitrogen and oxygen atoms in total. The van der Waals surface area contributed by atoms with Crippen molar-refractivity contribution < 1.29 is 19.3 Å². The van der Waals surface area contributed by atoms with Gasteiger partial charge in [0.1, 0.15) is 12.7 Å². The van der Waals surface area contributed by atoms with Crippen molar-refractivity contribution in [3.05, 3.63) is 23.8 Å². The molecule has 0 saturated carbocycles. The summed E-state index contributed by atoms with van der Waals surface area (Å²) < 4.78 is 16.8. The van der Waals surface area contributed by atoms with Gasteiger partial charge in [-0.25, -0.2) is 0 Å². The van der Waals surface area contributed by atoms with Crippen LogP contribution in [0.4, 0.5) is 0 Å². The van der Waals surface area contributed by atoms with E-state index >= 15 is 0 Å². The Bertz CT molecular complexity index is 626. The maximum Gasteiger partial charge on any atom is 0.161 e. The first kappa shape index (κ1) is 24.3. The predicted molar refractivity (Wildman–Crippen MR) is 124 cm³/mol. The van der Waals surface area contributed by atoms with E-state index in [1.165, 1.54) is 50.5 Å². The molecule has 2 aliphatic rings. The lowest BCUT2D eigenvalue weighted by molar-refractivity contribution is 0.0644. The number of β-amino-alcohol motifs (C(OH)–C–C–N with tert-alkyl or cyclic N) is 1. The van der Waals surface area contributed by atoms with E-state index in [1.807, 2.05) is 6.07 Å². The number of aliphatic hydroxyl groups excluding tert-OH is 1. The SMILES string of the molecule is COCC1CCN(Cc2ccc(OC)c(OC[C@@H](O)CN3CCCCCCC3)c2)CC1. The minimum atomic E-state index is -0.493. The number of likely N-dealkylation sites (tertiary alicyclic amines) is 2. The molecule has 0 radical (unpaired) electrons. The van der Waals surface area contributed by atoms with E-state index in [9.17, 15) is 5.11 Å². The fourth-order valence-corrected chi connectivity index (χ4v) is 4.77. The van der Waals surface area contributed by atoms with Crippen LogP contribution in [0.2, 0.25) is 0 Å². The van der Waals surface area contributed by atoms with Crippen LogP contribution < -0.4 is 9.47 Å². The fourth-order valence-electron chi connectivity index (χ4n) is 4.77. The molecule has 6 heteroatoms. The Balaban J connectivity index is 1.49. The number of aliphatic hydroxyl groups is 1. The highest BCUT2D eigenvalue weighted by atomic mass is 16.5. The zero-order valence-corrected chi connectivity index (χ0v) is 19.6. The summed E-state index contributed by atoms with van der Waals surface area (Å²) in [6, 6.07) is 6.17. The third-order valence-corrected chi connectivity index (χ3v) is 6.59. The van der Waals surface area contributed by atoms with Crippen molar-refractivity contribution in [2.75, 3.05) is 60.2 Å². The standard InChI is InChI=1S/C25H42N2O4/c1-29-19-21-10-14-27(15-11-21)17-22-8-9-24(30-2)25(16-22)31-20-23(28)18-26-12-6-4-3-5-7-13-26/h8-9,16,21,23,28H,3-7,10-15,17-20H2,1-2H3/t23-/m0/s1. The van der Waals surface area contributed by atoms with Gasteiger partial charge in [-0.3, -0.25) is 4.90 Å². The Kier molecular flexibility index (Phi) is 10.4. The van der Waals surface area contributed by atoms with E-state index in [1.54, 1.807) is 14.2 Å². The summed E-state index contributed by atoms with van der Waals surface area (Å²) in [4.78, 5) is 4.88. The van der Waals surface area contributed by atoms with Gasteiger partial charge in [-0.15, -0.1) is 0 Å². The molecule has 1 aromatic carbocycles. The van der Waals surface area contributed by atoms with Crippen LogP contribution >= 0.6 is 0 Å². The van der Waals surface area contributed by atoms with Crippen molar-refractivity contribution in [1.82, 2.24) is 9.80 Å². The highest BCUT2D eigenvalue weighted by molar-refractivity contribution is 5.43. The Morgan fingerprint density at radius 2 is 1.65 bits per heavy atom. The highest BCUT2D eigenvalue weighted by Crippen LogP contribution is 2.29. The van der Waals surface area contributed by atoms with E-state index in [0.717, 1.165) is 50.8 Å². The van der Waals surface area contributed by atoms with Crippen LogP contribution in [-0.2, 0) is 11.3 Å². The van der Waals surface area contributed by atoms with Crippen molar-refractivity contribution in [2.24, 2.45) is 5.92 Å². The normalized spacial score (nSPS) is 20.7. The van der Waals surface area contributed by atoms with Gasteiger partial charge in [-0.2, -0.15) is 0 Å². The minimum Gasteiger partial charge on any atom is -0.493 e. The van der Waals surface area contributed by atoms with Gasteiger partial charge >= 0.3 is 0 Å². The third kappa shape index (κ3) is 8.26. The average Bonchev–Trinajstić information content (AvgIpc) is 2.76. The lowest BCUT2D eigenvalue weighted by Gasteiger charge is -2.31. The molecule has 1 aromatic rings. The Hall–Kier alpha value is -1.34. The fraction of sp³-hybridized carbons (Fsp3) is 0.760. The Morgan fingerprint density at radius 3 is 2.32 bits per heavy atom. The Morgan fingerprint density at radius 1 is 0.935 bits per heavy atom. The van der Waals surface area contributed by atoms with Gasteiger partial charge in [0.2, 0.25) is 0 Å². The molecule has 2 saturated heterocycles. The van der Waals surface area contributed by atoms with Gasteiger partial charge in [0.15, 0.2) is 11.5 Å². The largest absolute Gasteiger partial charge is 0.493 e. The molecule has 2 heterocycles. The predicted octanol–water partition coefficient (Wildman–Crippen LogP) is 3.56. The van der Waals surface area contributed by atoms with Crippen molar-refractivity contribution in [3.63, 3.8) is 0 Å². The van der Waals surface area contributed by atoms with Gasteiger partial charge in [-0.05, 0) is 75.5 Å². The topological polar surface area (TPSA) is 54.4 Å². The van der Waals surface area contributed by atoms with Crippen LogP contribution in [-0.4, -0.2) is 81.2 Å². The average molecular weight is 435 g/mol. The third-order valence-electron chi connectivity index (χ3n) is 6.59. The molecular formula is C25H42N2O4. The monoisotopic (exact) mass is 434 g/mol. The molecule has 1 N–H and O–H groups in total. The van der Waals surface area contributed by atoms with Crippen LogP contribution in [0.3, 0.4) is 0 Å². The number of methoxy groups -OCH3 is 2. The molecule has 0 aromatic heterocycles. The number of piperidine rings is 1. The Labute approximate surface area is 188 Å². The van der Waals surface area contributed by atoms with E-state index in [-0.39, 0.29) is 0 Å². The second-order valence-corrected chi connectivity index (χ2v) is 9.19. The maximum absolute atomic E-state index is 10.6. The number of hydrogen-bond acceptors (Lipinski definition) is 6. The molecule has 0 aliphatic carbocycles. The first-order chi connectivity index (χ1) is 15.2. The zero-order valence-electron chi connectivity index (χ0n) is 19.6. The van der Waals surface area contributed by atoms with E-state index < -0.39 is 6.10 Å². The molecule has 2 aliphatic heterocycles. The van der Waals surface area contributed by atoms with E-state index in [0.29, 0.717) is 19.1 Å². The number of benzene rings is 1. The molecule has 1 atom stereocenters. The number of ether oxygens (including phenoxy) is 3. The molecular weight excluding hydrogens is 392 g/mol. The molecule has 0 bridgehead atoms. The summed E-state index contributed by atoms with van der Waals surface area (Å²) in [6.45, 7) is 7.12. The number of rotatable bonds is 10. The van der Waals surface area contributed by atoms with Crippen molar-refractivity contribution in [2.45, 2.75) is 57.6 Å². The smallest absolute Gasteiger partial charge is 0.161 e. The molecule has 0 spiro atoms. The number of hydrogen-bond donors (Lipinski definition) is 1. The van der Waals surface area contributed by atoms with Crippen LogP contribution in [0.1, 0.15) is 50.5 Å². The number of nitrogens with zero attached hydrogens (tertiary/aromatic N) is 2. The minimum absolute atomic E-state index is 0.290. The van der Waals surface area contributed by atoms with E-state index in [2.05, 4.69) is 21.9 Å². The first-order valence-electron chi connectivity index (χ1n) is 12.1. The van der Waals surface area contributed by atoms with E-state index in [4.69, 9.17) is 14.2 Å². The maximum atomic E-state index is 10.6. The molecule has 0 unspecified atom stereocenters. The highest BCUT2D eigenvalue weighted by Gasteiger charge is 2.20. The summed E-state index contributed by atoms with van der Waals surface area (Å²) in [5.74, 6) is 2.13. The second-order valence-electron chi connectivity index (χ2n) is 9.19. The molecule has 176 valence electrons. The molecule has 3 rings (SSSR count). The zero-order chi connectivity index (χ0) is 21.9. The van der Waals surface area contributed by atoms with Crippen LogP contribution in [0, 0.1) is 5.92 Å². The lowest BCUT2D eigenvalue weighted by Crippen LogP contribution is -2.37. The molecule has 0 amide bonds. The molecule has 31 heavy (non-hydrogen) atoms. The summed E-state index contributed by atoms with van der Waals surface area (Å²) in [5.41, 5.74) is 1.22. The van der Waals surface area contributed by atoms with Gasteiger partial charge < -0.3 is 24.2 Å². The second kappa shape index (κ2) is 13.3. The van der Waals surface area contributed by atoms with Crippen LogP contribution in [0.25, 0.3) is 0 Å². The van der Waals surface area contributed by atoms with Gasteiger partial charge in [0, 0.05) is 26.8 Å².